The lowest BCUT2D eigenvalue weighted by molar-refractivity contribution is -0.151. The van der Waals surface area contributed by atoms with E-state index in [0.29, 0.717) is 12.8 Å². The van der Waals surface area contributed by atoms with Gasteiger partial charge in [-0.25, -0.2) is 4.57 Å². The fraction of sp³-hybridized carbons (Fsp3) is 0.950. The lowest BCUT2D eigenvalue weighted by Gasteiger charge is -2.30. The maximum absolute atomic E-state index is 12.8. The number of phosphoric ester groups is 1. The number of hydrogen-bond acceptors (Lipinski definition) is 8. The van der Waals surface area contributed by atoms with Crippen molar-refractivity contribution in [3.05, 3.63) is 0 Å². The number of aliphatic hydroxyl groups excluding tert-OH is 2. The van der Waals surface area contributed by atoms with Crippen molar-refractivity contribution in [3.8, 4) is 0 Å². The van der Waals surface area contributed by atoms with Crippen LogP contribution in [-0.4, -0.2) is 55.8 Å². The van der Waals surface area contributed by atoms with Gasteiger partial charge < -0.3 is 14.9 Å². The van der Waals surface area contributed by atoms with Gasteiger partial charge in [0.25, 0.3) is 0 Å². The minimum absolute atomic E-state index is 0.220. The monoisotopic (exact) mass is 440 g/mol. The molecule has 0 rings (SSSR count). The molecule has 8 nitrogen and oxygen atoms in total. The van der Waals surface area contributed by atoms with Crippen LogP contribution in [0.5, 0.6) is 0 Å². The van der Waals surface area contributed by atoms with E-state index in [1.54, 1.807) is 0 Å². The van der Waals surface area contributed by atoms with Crippen LogP contribution in [0, 0.1) is 5.41 Å². The number of hydrogen-bond donors (Lipinski definition) is 2. The normalized spacial score (nSPS) is 12.3. The molecule has 0 heterocycles. The van der Waals surface area contributed by atoms with E-state index in [1.807, 2.05) is 13.8 Å². The summed E-state index contributed by atoms with van der Waals surface area (Å²) in [6, 6.07) is 0. The topological polar surface area (TPSA) is 112 Å². The summed E-state index contributed by atoms with van der Waals surface area (Å²) >= 11 is 0. The first kappa shape index (κ1) is 28.5. The van der Waals surface area contributed by atoms with Gasteiger partial charge >= 0.3 is 13.8 Å². The van der Waals surface area contributed by atoms with Crippen LogP contribution >= 0.6 is 7.82 Å². The van der Waals surface area contributed by atoms with Gasteiger partial charge in [-0.1, -0.05) is 52.9 Å². The number of esters is 1. The summed E-state index contributed by atoms with van der Waals surface area (Å²) in [4.78, 5) is 11.9. The van der Waals surface area contributed by atoms with Gasteiger partial charge in [-0.05, 0) is 19.3 Å². The summed E-state index contributed by atoms with van der Waals surface area (Å²) in [6.45, 7) is 4.92. The standard InChI is InChI=1S/C20H41O8P/c1-4-7-10-11-12-19(23)25-17-20(15-21,16-22)18-28-29(24,26-13-8-5-2)27-14-9-6-3/h21-22H,4-18H2,1-3H3. The van der Waals surface area contributed by atoms with Crippen LogP contribution in [0.3, 0.4) is 0 Å². The van der Waals surface area contributed by atoms with Crippen LogP contribution in [0.15, 0.2) is 0 Å². The SMILES string of the molecule is CCCCCCC(=O)OCC(CO)(CO)COP(=O)(OCCCC)OCCCC. The second-order valence-corrected chi connectivity index (χ2v) is 9.05. The van der Waals surface area contributed by atoms with Gasteiger partial charge in [-0.2, -0.15) is 0 Å². The van der Waals surface area contributed by atoms with Gasteiger partial charge in [0.2, 0.25) is 0 Å². The van der Waals surface area contributed by atoms with Gasteiger partial charge in [-0.3, -0.25) is 18.4 Å². The maximum atomic E-state index is 12.8. The Labute approximate surface area is 175 Å². The van der Waals surface area contributed by atoms with Crippen molar-refractivity contribution in [2.75, 3.05) is 39.6 Å². The van der Waals surface area contributed by atoms with E-state index >= 15 is 0 Å². The Bertz CT molecular complexity index is 440. The van der Waals surface area contributed by atoms with Gasteiger partial charge in [-0.15, -0.1) is 0 Å². The van der Waals surface area contributed by atoms with E-state index in [0.717, 1.165) is 38.5 Å². The number of aliphatic hydroxyl groups is 2. The van der Waals surface area contributed by atoms with Crippen molar-refractivity contribution in [1.82, 2.24) is 0 Å². The first-order valence-electron chi connectivity index (χ1n) is 10.8. The van der Waals surface area contributed by atoms with Crippen molar-refractivity contribution in [1.29, 1.82) is 0 Å². The molecule has 0 aromatic heterocycles. The summed E-state index contributed by atoms with van der Waals surface area (Å²) in [5.74, 6) is -0.394. The number of rotatable bonds is 20. The van der Waals surface area contributed by atoms with Gasteiger partial charge in [0.15, 0.2) is 0 Å². The van der Waals surface area contributed by atoms with Crippen molar-refractivity contribution >= 4 is 13.8 Å². The summed E-state index contributed by atoms with van der Waals surface area (Å²) in [6.07, 6.45) is 7.23. The quantitative estimate of drug-likeness (QED) is 0.164. The highest BCUT2D eigenvalue weighted by Gasteiger charge is 2.36. The van der Waals surface area contributed by atoms with Crippen molar-refractivity contribution < 1.29 is 37.9 Å². The van der Waals surface area contributed by atoms with E-state index < -0.39 is 32.4 Å². The highest BCUT2D eigenvalue weighted by Crippen LogP contribution is 2.50. The van der Waals surface area contributed by atoms with Crippen LogP contribution in [0.1, 0.15) is 78.6 Å². The molecule has 0 saturated heterocycles. The molecule has 0 unspecified atom stereocenters. The predicted octanol–water partition coefficient (Wildman–Crippen LogP) is 4.23. The number of carbonyl (C=O) groups is 1. The summed E-state index contributed by atoms with van der Waals surface area (Å²) in [5.41, 5.74) is -1.28. The van der Waals surface area contributed by atoms with Gasteiger partial charge in [0.1, 0.15) is 6.61 Å². The van der Waals surface area contributed by atoms with Crippen molar-refractivity contribution in [2.45, 2.75) is 78.6 Å². The van der Waals surface area contributed by atoms with E-state index in [9.17, 15) is 19.6 Å². The van der Waals surface area contributed by atoms with E-state index in [-0.39, 0.29) is 32.8 Å². The molecule has 0 radical (unpaired) electrons. The van der Waals surface area contributed by atoms with Gasteiger partial charge in [0, 0.05) is 6.42 Å². The Morgan fingerprint density at radius 2 is 1.34 bits per heavy atom. The highest BCUT2D eigenvalue weighted by molar-refractivity contribution is 7.48. The Morgan fingerprint density at radius 3 is 1.83 bits per heavy atom. The van der Waals surface area contributed by atoms with E-state index in [4.69, 9.17) is 18.3 Å². The summed E-state index contributed by atoms with van der Waals surface area (Å²) < 4.78 is 34.2. The third-order valence-electron chi connectivity index (χ3n) is 4.47. The molecule has 0 amide bonds. The molecule has 0 aliphatic rings. The predicted molar refractivity (Wildman–Crippen MR) is 112 cm³/mol. The van der Waals surface area contributed by atoms with E-state index in [2.05, 4.69) is 6.92 Å². The average molecular weight is 441 g/mol. The molecule has 9 heteroatoms. The molecule has 0 bridgehead atoms. The van der Waals surface area contributed by atoms with Crippen molar-refractivity contribution in [2.24, 2.45) is 5.41 Å². The molecule has 0 fully saturated rings. The number of ether oxygens (including phenoxy) is 1. The minimum atomic E-state index is -3.84. The zero-order valence-corrected chi connectivity index (χ0v) is 19.3. The first-order valence-corrected chi connectivity index (χ1v) is 12.3. The summed E-state index contributed by atoms with van der Waals surface area (Å²) in [7, 11) is -3.84. The number of phosphoric acid groups is 1. The van der Waals surface area contributed by atoms with Crippen LogP contribution in [0.4, 0.5) is 0 Å². The lowest BCUT2D eigenvalue weighted by Crippen LogP contribution is -2.40. The van der Waals surface area contributed by atoms with Gasteiger partial charge in [0.05, 0.1) is 38.4 Å². The first-order chi connectivity index (χ1) is 13.9. The Balaban J connectivity index is 4.75. The smallest absolute Gasteiger partial charge is 0.465 e. The molecule has 0 spiro atoms. The molecule has 2 N–H and O–H groups in total. The Morgan fingerprint density at radius 1 is 0.793 bits per heavy atom. The third-order valence-corrected chi connectivity index (χ3v) is 5.91. The van der Waals surface area contributed by atoms with Crippen LogP contribution in [0.25, 0.3) is 0 Å². The number of unbranched alkanes of at least 4 members (excludes halogenated alkanes) is 5. The molecule has 29 heavy (non-hydrogen) atoms. The second-order valence-electron chi connectivity index (χ2n) is 7.38. The second kappa shape index (κ2) is 17.2. The van der Waals surface area contributed by atoms with Crippen LogP contribution in [-0.2, 0) is 27.7 Å². The Kier molecular flexibility index (Phi) is 16.9. The largest absolute Gasteiger partial charge is 0.474 e. The lowest BCUT2D eigenvalue weighted by atomic mass is 9.93. The molecule has 0 saturated carbocycles. The molecular weight excluding hydrogens is 399 g/mol. The Hall–Kier alpha value is -0.500. The fourth-order valence-electron chi connectivity index (χ4n) is 2.25. The molecule has 0 aliphatic heterocycles. The zero-order valence-electron chi connectivity index (χ0n) is 18.4. The van der Waals surface area contributed by atoms with E-state index in [1.165, 1.54) is 0 Å². The summed E-state index contributed by atoms with van der Waals surface area (Å²) in [5, 5.41) is 19.5. The molecular formula is C20H41O8P. The maximum Gasteiger partial charge on any atom is 0.474 e. The molecule has 0 atom stereocenters. The molecule has 0 aromatic rings. The fourth-order valence-corrected chi connectivity index (χ4v) is 3.61. The third kappa shape index (κ3) is 13.4. The average Bonchev–Trinajstić information content (AvgIpc) is 2.72. The van der Waals surface area contributed by atoms with Crippen LogP contribution in [0.2, 0.25) is 0 Å². The zero-order chi connectivity index (χ0) is 22.0. The minimum Gasteiger partial charge on any atom is -0.465 e. The molecule has 0 aliphatic carbocycles. The van der Waals surface area contributed by atoms with Crippen LogP contribution < -0.4 is 0 Å². The molecule has 0 aromatic carbocycles. The van der Waals surface area contributed by atoms with Crippen molar-refractivity contribution in [3.63, 3.8) is 0 Å². The highest BCUT2D eigenvalue weighted by atomic mass is 31.2. The number of carbonyl (C=O) groups excluding carboxylic acids is 1. The molecule has 174 valence electrons.